The molecule has 0 atom stereocenters. The Kier molecular flexibility index (Phi) is 13.1. The molecule has 0 N–H and O–H groups in total. The summed E-state index contributed by atoms with van der Waals surface area (Å²) < 4.78 is 31.0. The highest BCUT2D eigenvalue weighted by Crippen LogP contribution is 2.49. The van der Waals surface area contributed by atoms with E-state index in [0.717, 1.165) is 18.9 Å². The average molecular weight is 350 g/mol. The zero-order chi connectivity index (χ0) is 17.6. The first-order valence-corrected chi connectivity index (χ1v) is 9.69. The SMILES string of the molecule is CCCCCCCCCCOC(=O)/C=C(\C)OP(=O)(OC)OC. The number of unbranched alkanes of at least 4 members (excludes halogenated alkanes) is 7. The highest BCUT2D eigenvalue weighted by Gasteiger charge is 2.24. The number of ether oxygens (including phenoxy) is 1. The summed E-state index contributed by atoms with van der Waals surface area (Å²) in [6.07, 6.45) is 10.6. The van der Waals surface area contributed by atoms with Gasteiger partial charge in [-0.2, -0.15) is 0 Å². The lowest BCUT2D eigenvalue weighted by Gasteiger charge is -2.14. The fourth-order valence-corrected chi connectivity index (χ4v) is 2.67. The molecule has 0 aromatic rings. The highest BCUT2D eigenvalue weighted by molar-refractivity contribution is 7.48. The number of carbonyl (C=O) groups is 1. The van der Waals surface area contributed by atoms with Crippen LogP contribution in [0, 0.1) is 0 Å². The van der Waals surface area contributed by atoms with Crippen molar-refractivity contribution in [2.45, 2.75) is 65.2 Å². The van der Waals surface area contributed by atoms with Crippen molar-refractivity contribution < 1.29 is 27.7 Å². The molecule has 0 aliphatic carbocycles. The van der Waals surface area contributed by atoms with Crippen molar-refractivity contribution in [1.82, 2.24) is 0 Å². The van der Waals surface area contributed by atoms with E-state index in [4.69, 9.17) is 9.26 Å². The Morgan fingerprint density at radius 1 is 0.957 bits per heavy atom. The second kappa shape index (κ2) is 13.6. The maximum Gasteiger partial charge on any atom is 0.529 e. The zero-order valence-electron chi connectivity index (χ0n) is 14.8. The van der Waals surface area contributed by atoms with Crippen LogP contribution in [0.1, 0.15) is 65.2 Å². The Hall–Kier alpha value is -0.840. The number of hydrogen-bond acceptors (Lipinski definition) is 6. The maximum absolute atomic E-state index is 11.7. The molecular weight excluding hydrogens is 319 g/mol. The smallest absolute Gasteiger partial charge is 0.462 e. The van der Waals surface area contributed by atoms with Crippen molar-refractivity contribution in [1.29, 1.82) is 0 Å². The largest absolute Gasteiger partial charge is 0.529 e. The molecule has 0 bridgehead atoms. The minimum atomic E-state index is -3.62. The van der Waals surface area contributed by atoms with Crippen LogP contribution in [0.4, 0.5) is 0 Å². The standard InChI is InChI=1S/C16H31O6P/c1-5-6-7-8-9-10-11-12-13-21-16(17)14-15(2)22-23(18,19-3)20-4/h14H,5-13H2,1-4H3/b15-14+. The van der Waals surface area contributed by atoms with Crippen LogP contribution in [0.5, 0.6) is 0 Å². The van der Waals surface area contributed by atoms with Crippen LogP contribution in [0.25, 0.3) is 0 Å². The third kappa shape index (κ3) is 12.3. The molecule has 0 unspecified atom stereocenters. The third-order valence-corrected chi connectivity index (χ3v) is 4.67. The Labute approximate surface area is 140 Å². The van der Waals surface area contributed by atoms with Gasteiger partial charge in [0.25, 0.3) is 0 Å². The van der Waals surface area contributed by atoms with Crippen LogP contribution >= 0.6 is 7.82 Å². The summed E-state index contributed by atoms with van der Waals surface area (Å²) >= 11 is 0. The summed E-state index contributed by atoms with van der Waals surface area (Å²) in [5, 5.41) is 0. The first kappa shape index (κ1) is 22.2. The molecule has 136 valence electrons. The number of hydrogen-bond donors (Lipinski definition) is 0. The second-order valence-electron chi connectivity index (χ2n) is 5.30. The molecule has 0 rings (SSSR count). The van der Waals surface area contributed by atoms with E-state index in [9.17, 15) is 9.36 Å². The topological polar surface area (TPSA) is 71.1 Å². The second-order valence-corrected chi connectivity index (χ2v) is 7.11. The molecule has 6 nitrogen and oxygen atoms in total. The molecule has 0 fully saturated rings. The van der Waals surface area contributed by atoms with E-state index >= 15 is 0 Å². The molecule has 0 aliphatic heterocycles. The predicted molar refractivity (Wildman–Crippen MR) is 90.0 cm³/mol. The third-order valence-electron chi connectivity index (χ3n) is 3.27. The molecule has 23 heavy (non-hydrogen) atoms. The van der Waals surface area contributed by atoms with Gasteiger partial charge in [-0.05, 0) is 13.3 Å². The van der Waals surface area contributed by atoms with Crippen molar-refractivity contribution in [3.8, 4) is 0 Å². The zero-order valence-corrected chi connectivity index (χ0v) is 15.7. The fraction of sp³-hybridized carbons (Fsp3) is 0.812. The number of rotatable bonds is 14. The van der Waals surface area contributed by atoms with Gasteiger partial charge in [0.2, 0.25) is 0 Å². The number of allylic oxidation sites excluding steroid dienone is 1. The summed E-state index contributed by atoms with van der Waals surface area (Å²) in [6, 6.07) is 0. The van der Waals surface area contributed by atoms with Gasteiger partial charge >= 0.3 is 13.8 Å². The molecule has 0 amide bonds. The lowest BCUT2D eigenvalue weighted by Crippen LogP contribution is -2.04. The average Bonchev–Trinajstić information content (AvgIpc) is 2.53. The number of esters is 1. The number of carbonyl (C=O) groups excluding carboxylic acids is 1. The van der Waals surface area contributed by atoms with E-state index in [1.165, 1.54) is 59.7 Å². The first-order chi connectivity index (χ1) is 11.0. The van der Waals surface area contributed by atoms with E-state index in [-0.39, 0.29) is 5.76 Å². The van der Waals surface area contributed by atoms with Crippen molar-refractivity contribution in [3.63, 3.8) is 0 Å². The van der Waals surface area contributed by atoms with E-state index < -0.39 is 13.8 Å². The maximum atomic E-state index is 11.7. The quantitative estimate of drug-likeness (QED) is 0.144. The Morgan fingerprint density at radius 2 is 1.48 bits per heavy atom. The minimum Gasteiger partial charge on any atom is -0.462 e. The minimum absolute atomic E-state index is 0.123. The van der Waals surface area contributed by atoms with Crippen molar-refractivity contribution in [2.75, 3.05) is 20.8 Å². The van der Waals surface area contributed by atoms with E-state index in [1.807, 2.05) is 0 Å². The van der Waals surface area contributed by atoms with Crippen LogP contribution in [-0.4, -0.2) is 26.8 Å². The van der Waals surface area contributed by atoms with E-state index in [2.05, 4.69) is 16.0 Å². The van der Waals surface area contributed by atoms with Crippen LogP contribution in [-0.2, 0) is 27.7 Å². The Morgan fingerprint density at radius 3 is 2.00 bits per heavy atom. The fourth-order valence-electron chi connectivity index (χ4n) is 1.97. The number of phosphoric ester groups is 1. The van der Waals surface area contributed by atoms with Crippen LogP contribution < -0.4 is 0 Å². The molecule has 0 aliphatic rings. The highest BCUT2D eigenvalue weighted by atomic mass is 31.2. The molecule has 0 aromatic carbocycles. The lowest BCUT2D eigenvalue weighted by atomic mass is 10.1. The summed E-state index contributed by atoms with van der Waals surface area (Å²) in [7, 11) is -1.21. The van der Waals surface area contributed by atoms with Crippen LogP contribution in [0.3, 0.4) is 0 Å². The van der Waals surface area contributed by atoms with Crippen LogP contribution in [0.15, 0.2) is 11.8 Å². The molecule has 0 aromatic heterocycles. The van der Waals surface area contributed by atoms with Crippen molar-refractivity contribution >= 4 is 13.8 Å². The molecule has 0 saturated carbocycles. The van der Waals surface area contributed by atoms with Gasteiger partial charge in [0.15, 0.2) is 0 Å². The van der Waals surface area contributed by atoms with Crippen LogP contribution in [0.2, 0.25) is 0 Å². The lowest BCUT2D eigenvalue weighted by molar-refractivity contribution is -0.138. The molecule has 0 saturated heterocycles. The summed E-state index contributed by atoms with van der Waals surface area (Å²) in [5.74, 6) is -0.401. The predicted octanol–water partition coefficient (Wildman–Crippen LogP) is 4.99. The Bertz CT molecular complexity index is 386. The molecular formula is C16H31O6P. The van der Waals surface area contributed by atoms with E-state index in [1.54, 1.807) is 0 Å². The monoisotopic (exact) mass is 350 g/mol. The summed E-state index contributed by atoms with van der Waals surface area (Å²) in [5.41, 5.74) is 0. The molecule has 0 radical (unpaired) electrons. The van der Waals surface area contributed by atoms with Gasteiger partial charge in [-0.25, -0.2) is 9.36 Å². The van der Waals surface area contributed by atoms with Gasteiger partial charge in [0.1, 0.15) is 5.76 Å². The van der Waals surface area contributed by atoms with Crippen molar-refractivity contribution in [2.24, 2.45) is 0 Å². The molecule has 7 heteroatoms. The normalized spacial score (nSPS) is 12.3. The molecule has 0 heterocycles. The van der Waals surface area contributed by atoms with Gasteiger partial charge in [-0.1, -0.05) is 51.9 Å². The van der Waals surface area contributed by atoms with Gasteiger partial charge in [-0.15, -0.1) is 0 Å². The van der Waals surface area contributed by atoms with Gasteiger partial charge in [0, 0.05) is 14.2 Å². The Balaban J connectivity index is 3.78. The van der Waals surface area contributed by atoms with Gasteiger partial charge < -0.3 is 9.26 Å². The first-order valence-electron chi connectivity index (χ1n) is 8.23. The number of phosphoric acid groups is 1. The molecule has 0 spiro atoms. The summed E-state index contributed by atoms with van der Waals surface area (Å²) in [6.45, 7) is 4.07. The van der Waals surface area contributed by atoms with Gasteiger partial charge in [0.05, 0.1) is 12.7 Å². The van der Waals surface area contributed by atoms with Gasteiger partial charge in [-0.3, -0.25) is 9.05 Å². The van der Waals surface area contributed by atoms with Crippen molar-refractivity contribution in [3.05, 3.63) is 11.8 Å². The summed E-state index contributed by atoms with van der Waals surface area (Å²) in [4.78, 5) is 11.6. The van der Waals surface area contributed by atoms with E-state index in [0.29, 0.717) is 6.61 Å².